The number of para-hydroxylation sites is 1. The average molecular weight is 358 g/mol. The topological polar surface area (TPSA) is 97.0 Å². The smallest absolute Gasteiger partial charge is 0.236 e. The van der Waals surface area contributed by atoms with Crippen LogP contribution in [-0.4, -0.2) is 30.2 Å². The van der Waals surface area contributed by atoms with Gasteiger partial charge in [0.2, 0.25) is 10.0 Å². The molecule has 0 spiro atoms. The number of fused-ring (bicyclic) bond motifs is 3. The van der Waals surface area contributed by atoms with Gasteiger partial charge in [-0.1, -0.05) is 18.2 Å². The van der Waals surface area contributed by atoms with Crippen LogP contribution in [0.25, 0.3) is 10.9 Å². The Hall–Kier alpha value is -2.46. The van der Waals surface area contributed by atoms with E-state index in [0.29, 0.717) is 28.6 Å². The third-order valence-corrected chi connectivity index (χ3v) is 5.91. The van der Waals surface area contributed by atoms with Crippen molar-refractivity contribution in [2.24, 2.45) is 5.41 Å². The second-order valence-corrected chi connectivity index (χ2v) is 8.42. The van der Waals surface area contributed by atoms with E-state index in [1.165, 1.54) is 10.9 Å². The first-order chi connectivity index (χ1) is 11.7. The molecule has 0 bridgehead atoms. The van der Waals surface area contributed by atoms with Crippen molar-refractivity contribution in [2.45, 2.75) is 32.6 Å². The molecular formula is C18H18N2O4S. The largest absolute Gasteiger partial charge is 0.300 e. The number of benzene rings is 1. The molecule has 2 aromatic rings. The van der Waals surface area contributed by atoms with Gasteiger partial charge in [-0.2, -0.15) is 5.26 Å². The molecule has 130 valence electrons. The normalized spacial score (nSPS) is 20.3. The molecule has 7 heteroatoms. The summed E-state index contributed by atoms with van der Waals surface area (Å²) in [5.74, 6) is -0.456. The fraction of sp³-hybridized carbons (Fsp3) is 0.389. The molecule has 6 nitrogen and oxygen atoms in total. The molecule has 0 amide bonds. The number of Topliss-reactive ketones (excluding diaryl/α,β-unsaturated/α-hetero) is 2. The van der Waals surface area contributed by atoms with Crippen LogP contribution in [0, 0.1) is 16.7 Å². The lowest BCUT2D eigenvalue weighted by Crippen LogP contribution is -2.36. The molecule has 0 N–H and O–H groups in total. The fourth-order valence-electron chi connectivity index (χ4n) is 3.60. The van der Waals surface area contributed by atoms with E-state index in [4.69, 9.17) is 0 Å². The van der Waals surface area contributed by atoms with Crippen molar-refractivity contribution in [1.29, 1.82) is 5.26 Å². The number of aromatic nitrogens is 1. The number of nitriles is 1. The van der Waals surface area contributed by atoms with Crippen LogP contribution in [0.3, 0.4) is 0 Å². The molecule has 3 rings (SSSR count). The molecule has 0 saturated heterocycles. The number of hydrogen-bond donors (Lipinski definition) is 0. The SMILES string of the molecule is CC(=O)CC[C@@]1(C#N)CCc2c(c3ccccc3n2S(C)(=O)=O)C1=O. The summed E-state index contributed by atoms with van der Waals surface area (Å²) in [5.41, 5.74) is -0.0890. The molecule has 0 fully saturated rings. The maximum atomic E-state index is 13.2. The maximum Gasteiger partial charge on any atom is 0.236 e. The zero-order valence-corrected chi connectivity index (χ0v) is 14.9. The third-order valence-electron chi connectivity index (χ3n) is 4.83. The van der Waals surface area contributed by atoms with Gasteiger partial charge in [0.15, 0.2) is 5.78 Å². The molecule has 1 aliphatic carbocycles. The van der Waals surface area contributed by atoms with E-state index in [1.54, 1.807) is 24.3 Å². The quantitative estimate of drug-likeness (QED) is 0.836. The van der Waals surface area contributed by atoms with Crippen molar-refractivity contribution < 1.29 is 18.0 Å². The van der Waals surface area contributed by atoms with E-state index >= 15 is 0 Å². The van der Waals surface area contributed by atoms with Crippen LogP contribution in [0.4, 0.5) is 0 Å². The average Bonchev–Trinajstić information content (AvgIpc) is 2.89. The summed E-state index contributed by atoms with van der Waals surface area (Å²) in [6.07, 6.45) is 1.93. The molecular weight excluding hydrogens is 340 g/mol. The first-order valence-corrected chi connectivity index (χ1v) is 9.84. The highest BCUT2D eigenvalue weighted by molar-refractivity contribution is 7.89. The van der Waals surface area contributed by atoms with Crippen molar-refractivity contribution in [3.8, 4) is 6.07 Å². The molecule has 1 aromatic heterocycles. The van der Waals surface area contributed by atoms with E-state index in [2.05, 4.69) is 6.07 Å². The molecule has 1 aromatic carbocycles. The second-order valence-electron chi connectivity index (χ2n) is 6.59. The van der Waals surface area contributed by atoms with Gasteiger partial charge in [0.05, 0.1) is 17.8 Å². The Morgan fingerprint density at radius 1 is 1.36 bits per heavy atom. The van der Waals surface area contributed by atoms with Gasteiger partial charge in [0.25, 0.3) is 0 Å². The van der Waals surface area contributed by atoms with Gasteiger partial charge in [-0.15, -0.1) is 0 Å². The highest BCUT2D eigenvalue weighted by atomic mass is 32.2. The first kappa shape index (κ1) is 17.4. The molecule has 1 heterocycles. The van der Waals surface area contributed by atoms with E-state index < -0.39 is 15.4 Å². The number of nitrogens with zero attached hydrogens (tertiary/aromatic N) is 2. The van der Waals surface area contributed by atoms with Gasteiger partial charge in [-0.05, 0) is 32.3 Å². The predicted molar refractivity (Wildman–Crippen MR) is 92.8 cm³/mol. The molecule has 0 unspecified atom stereocenters. The Morgan fingerprint density at radius 3 is 2.64 bits per heavy atom. The van der Waals surface area contributed by atoms with Gasteiger partial charge in [-0.25, -0.2) is 12.4 Å². The minimum Gasteiger partial charge on any atom is -0.300 e. The highest BCUT2D eigenvalue weighted by Crippen LogP contribution is 2.43. The summed E-state index contributed by atoms with van der Waals surface area (Å²) < 4.78 is 25.8. The van der Waals surface area contributed by atoms with E-state index in [1.807, 2.05) is 0 Å². The Bertz CT molecular complexity index is 1040. The van der Waals surface area contributed by atoms with Crippen LogP contribution in [0.1, 0.15) is 42.2 Å². The number of carbonyl (C=O) groups excluding carboxylic acids is 2. The summed E-state index contributed by atoms with van der Waals surface area (Å²) in [5, 5.41) is 10.2. The number of ketones is 2. The Kier molecular flexibility index (Phi) is 4.04. The van der Waals surface area contributed by atoms with Crippen molar-refractivity contribution >= 4 is 32.5 Å². The monoisotopic (exact) mass is 358 g/mol. The minimum atomic E-state index is -3.59. The van der Waals surface area contributed by atoms with E-state index in [0.717, 1.165) is 6.26 Å². The summed E-state index contributed by atoms with van der Waals surface area (Å²) in [7, 11) is -3.59. The molecule has 1 aliphatic rings. The number of hydrogen-bond acceptors (Lipinski definition) is 5. The van der Waals surface area contributed by atoms with Gasteiger partial charge < -0.3 is 4.79 Å². The molecule has 1 atom stereocenters. The van der Waals surface area contributed by atoms with Gasteiger partial charge in [0, 0.05) is 23.1 Å². The van der Waals surface area contributed by atoms with Crippen LogP contribution >= 0.6 is 0 Å². The lowest BCUT2D eigenvalue weighted by molar-refractivity contribution is -0.117. The van der Waals surface area contributed by atoms with Gasteiger partial charge >= 0.3 is 0 Å². The number of rotatable bonds is 4. The van der Waals surface area contributed by atoms with Gasteiger partial charge in [-0.3, -0.25) is 4.79 Å². The third kappa shape index (κ3) is 2.67. The van der Waals surface area contributed by atoms with Crippen molar-refractivity contribution in [3.05, 3.63) is 35.5 Å². The van der Waals surface area contributed by atoms with Crippen LogP contribution in [0.15, 0.2) is 24.3 Å². The zero-order chi connectivity index (χ0) is 18.4. The van der Waals surface area contributed by atoms with Crippen molar-refractivity contribution in [2.75, 3.05) is 6.26 Å². The van der Waals surface area contributed by atoms with Crippen molar-refractivity contribution in [1.82, 2.24) is 3.97 Å². The number of carbonyl (C=O) groups is 2. The first-order valence-electron chi connectivity index (χ1n) is 7.99. The lowest BCUT2D eigenvalue weighted by atomic mass is 9.70. The minimum absolute atomic E-state index is 0.0770. The van der Waals surface area contributed by atoms with Crippen LogP contribution in [0.5, 0.6) is 0 Å². The lowest BCUT2D eigenvalue weighted by Gasteiger charge is -2.29. The highest BCUT2D eigenvalue weighted by Gasteiger charge is 2.45. The Balaban J connectivity index is 2.26. The van der Waals surface area contributed by atoms with E-state index in [9.17, 15) is 23.3 Å². The van der Waals surface area contributed by atoms with Crippen LogP contribution < -0.4 is 0 Å². The predicted octanol–water partition coefficient (Wildman–Crippen LogP) is 2.46. The molecule has 0 aliphatic heterocycles. The molecule has 0 radical (unpaired) electrons. The fourth-order valence-corrected chi connectivity index (χ4v) is 4.70. The van der Waals surface area contributed by atoms with Crippen molar-refractivity contribution in [3.63, 3.8) is 0 Å². The summed E-state index contributed by atoms with van der Waals surface area (Å²) in [6.45, 7) is 1.43. The molecule has 25 heavy (non-hydrogen) atoms. The second kappa shape index (κ2) is 5.81. The van der Waals surface area contributed by atoms with Crippen LogP contribution in [-0.2, 0) is 21.2 Å². The standard InChI is InChI=1S/C18H18N2O4S/c1-12(21)7-9-18(11-19)10-8-15-16(17(18)22)13-5-3-4-6-14(13)20(15)25(2,23)24/h3-6H,7-10H2,1-2H3/t18-/m0/s1. The van der Waals surface area contributed by atoms with E-state index in [-0.39, 0.29) is 30.8 Å². The van der Waals surface area contributed by atoms with Crippen LogP contribution in [0.2, 0.25) is 0 Å². The Morgan fingerprint density at radius 2 is 2.04 bits per heavy atom. The summed E-state index contributed by atoms with van der Waals surface area (Å²) >= 11 is 0. The zero-order valence-electron chi connectivity index (χ0n) is 14.1. The summed E-state index contributed by atoms with van der Waals surface area (Å²) in [6, 6.07) is 8.93. The van der Waals surface area contributed by atoms with Gasteiger partial charge in [0.1, 0.15) is 11.2 Å². The maximum absolute atomic E-state index is 13.2. The Labute approximate surface area is 146 Å². The molecule has 0 saturated carbocycles. The summed E-state index contributed by atoms with van der Waals surface area (Å²) in [4.78, 5) is 24.5.